The number of benzene rings is 1. The SMILES string of the molecule is CCC1CN(C)CCCN1C(c1cccc(Cl)c1)C(C)N. The quantitative estimate of drug-likeness (QED) is 0.927. The predicted molar refractivity (Wildman–Crippen MR) is 90.7 cm³/mol. The Morgan fingerprint density at radius 3 is 2.76 bits per heavy atom. The molecule has 2 N–H and O–H groups in total. The second-order valence-electron chi connectivity index (χ2n) is 6.27. The first-order chi connectivity index (χ1) is 10.0. The topological polar surface area (TPSA) is 32.5 Å². The lowest BCUT2D eigenvalue weighted by molar-refractivity contribution is 0.113. The molecule has 2 rings (SSSR count). The highest BCUT2D eigenvalue weighted by Crippen LogP contribution is 2.30. The van der Waals surface area contributed by atoms with Gasteiger partial charge < -0.3 is 10.6 Å². The van der Waals surface area contributed by atoms with Gasteiger partial charge in [0.05, 0.1) is 0 Å². The zero-order valence-electron chi connectivity index (χ0n) is 13.4. The van der Waals surface area contributed by atoms with Gasteiger partial charge in [-0.15, -0.1) is 0 Å². The van der Waals surface area contributed by atoms with E-state index >= 15 is 0 Å². The summed E-state index contributed by atoms with van der Waals surface area (Å²) in [6.07, 6.45) is 2.34. The Hall–Kier alpha value is -0.610. The minimum absolute atomic E-state index is 0.0842. The smallest absolute Gasteiger partial charge is 0.0500 e. The third kappa shape index (κ3) is 4.19. The molecule has 4 heteroatoms. The van der Waals surface area contributed by atoms with Gasteiger partial charge in [0.1, 0.15) is 0 Å². The summed E-state index contributed by atoms with van der Waals surface area (Å²) in [6.45, 7) is 7.75. The van der Waals surface area contributed by atoms with Gasteiger partial charge in [-0.25, -0.2) is 0 Å². The summed E-state index contributed by atoms with van der Waals surface area (Å²) in [5.74, 6) is 0. The molecule has 0 spiro atoms. The van der Waals surface area contributed by atoms with Gasteiger partial charge in [-0.3, -0.25) is 4.90 Å². The van der Waals surface area contributed by atoms with E-state index in [2.05, 4.69) is 42.8 Å². The highest BCUT2D eigenvalue weighted by molar-refractivity contribution is 6.30. The first-order valence-corrected chi connectivity index (χ1v) is 8.36. The Kier molecular flexibility index (Phi) is 6.06. The Bertz CT molecular complexity index is 449. The number of hydrogen-bond donors (Lipinski definition) is 1. The molecule has 1 heterocycles. The molecule has 118 valence electrons. The number of rotatable bonds is 4. The highest BCUT2D eigenvalue weighted by atomic mass is 35.5. The van der Waals surface area contributed by atoms with E-state index in [4.69, 9.17) is 17.3 Å². The van der Waals surface area contributed by atoms with E-state index < -0.39 is 0 Å². The van der Waals surface area contributed by atoms with Crippen molar-refractivity contribution in [3.63, 3.8) is 0 Å². The molecule has 3 unspecified atom stereocenters. The number of likely N-dealkylation sites (N-methyl/N-ethyl adjacent to an activating group) is 1. The van der Waals surface area contributed by atoms with Crippen LogP contribution in [0.3, 0.4) is 0 Å². The van der Waals surface area contributed by atoms with Gasteiger partial charge in [0, 0.05) is 36.2 Å². The fourth-order valence-corrected chi connectivity index (χ4v) is 3.68. The van der Waals surface area contributed by atoms with Crippen LogP contribution >= 0.6 is 11.6 Å². The molecule has 3 nitrogen and oxygen atoms in total. The van der Waals surface area contributed by atoms with E-state index in [9.17, 15) is 0 Å². The maximum atomic E-state index is 6.35. The Morgan fingerprint density at radius 1 is 1.38 bits per heavy atom. The number of nitrogens with two attached hydrogens (primary N) is 1. The van der Waals surface area contributed by atoms with Gasteiger partial charge in [0.2, 0.25) is 0 Å². The average molecular weight is 310 g/mol. The number of hydrogen-bond acceptors (Lipinski definition) is 3. The van der Waals surface area contributed by atoms with Gasteiger partial charge in [0.15, 0.2) is 0 Å². The van der Waals surface area contributed by atoms with Crippen molar-refractivity contribution in [1.82, 2.24) is 9.80 Å². The van der Waals surface area contributed by atoms with Crippen LogP contribution in [0.15, 0.2) is 24.3 Å². The van der Waals surface area contributed by atoms with Gasteiger partial charge in [-0.05, 0) is 51.1 Å². The van der Waals surface area contributed by atoms with Crippen LogP contribution in [0.5, 0.6) is 0 Å². The molecule has 21 heavy (non-hydrogen) atoms. The maximum Gasteiger partial charge on any atom is 0.0500 e. The molecule has 0 radical (unpaired) electrons. The molecule has 0 bridgehead atoms. The van der Waals surface area contributed by atoms with E-state index in [0.29, 0.717) is 6.04 Å². The monoisotopic (exact) mass is 309 g/mol. The van der Waals surface area contributed by atoms with Crippen LogP contribution in [0.1, 0.15) is 38.3 Å². The average Bonchev–Trinajstić information content (AvgIpc) is 2.61. The van der Waals surface area contributed by atoms with Crippen LogP contribution in [-0.2, 0) is 0 Å². The van der Waals surface area contributed by atoms with E-state index in [1.165, 1.54) is 12.0 Å². The summed E-state index contributed by atoms with van der Waals surface area (Å²) in [7, 11) is 2.21. The summed E-state index contributed by atoms with van der Waals surface area (Å²) >= 11 is 6.19. The van der Waals surface area contributed by atoms with Crippen molar-refractivity contribution in [2.24, 2.45) is 5.73 Å². The second kappa shape index (κ2) is 7.59. The molecular formula is C17H28ClN3. The Balaban J connectivity index is 2.31. The van der Waals surface area contributed by atoms with E-state index in [1.807, 2.05) is 12.1 Å². The van der Waals surface area contributed by atoms with Gasteiger partial charge in [-0.2, -0.15) is 0 Å². The summed E-state index contributed by atoms with van der Waals surface area (Å²) in [5.41, 5.74) is 7.59. The highest BCUT2D eigenvalue weighted by Gasteiger charge is 2.31. The van der Waals surface area contributed by atoms with Crippen molar-refractivity contribution in [2.75, 3.05) is 26.7 Å². The largest absolute Gasteiger partial charge is 0.326 e. The third-order valence-electron chi connectivity index (χ3n) is 4.46. The zero-order chi connectivity index (χ0) is 15.4. The molecule has 1 saturated heterocycles. The molecular weight excluding hydrogens is 282 g/mol. The normalized spacial score (nSPS) is 24.5. The Morgan fingerprint density at radius 2 is 2.14 bits per heavy atom. The van der Waals surface area contributed by atoms with Gasteiger partial charge >= 0.3 is 0 Å². The van der Waals surface area contributed by atoms with Crippen molar-refractivity contribution in [3.05, 3.63) is 34.9 Å². The summed E-state index contributed by atoms with van der Waals surface area (Å²) < 4.78 is 0. The molecule has 3 atom stereocenters. The molecule has 0 aliphatic carbocycles. The summed E-state index contributed by atoms with van der Waals surface area (Å²) in [6, 6.07) is 9.04. The van der Waals surface area contributed by atoms with Crippen molar-refractivity contribution < 1.29 is 0 Å². The Labute approximate surface area is 134 Å². The van der Waals surface area contributed by atoms with E-state index in [0.717, 1.165) is 31.1 Å². The standard InChI is InChI=1S/C17H28ClN3/c1-4-16-12-20(3)9-6-10-21(16)17(13(2)19)14-7-5-8-15(18)11-14/h5,7-8,11,13,16-17H,4,6,9-10,12,19H2,1-3H3. The molecule has 1 aliphatic heterocycles. The lowest BCUT2D eigenvalue weighted by Gasteiger charge is -2.39. The number of nitrogens with zero attached hydrogens (tertiary/aromatic N) is 2. The fourth-order valence-electron chi connectivity index (χ4n) is 3.48. The first kappa shape index (κ1) is 16.8. The van der Waals surface area contributed by atoms with Crippen molar-refractivity contribution in [2.45, 2.75) is 44.8 Å². The van der Waals surface area contributed by atoms with Crippen LogP contribution in [0.2, 0.25) is 5.02 Å². The minimum Gasteiger partial charge on any atom is -0.326 e. The molecule has 0 amide bonds. The van der Waals surface area contributed by atoms with E-state index in [1.54, 1.807) is 0 Å². The molecule has 0 saturated carbocycles. The molecule has 1 aromatic carbocycles. The van der Waals surface area contributed by atoms with Crippen LogP contribution < -0.4 is 5.73 Å². The molecule has 1 aliphatic rings. The van der Waals surface area contributed by atoms with E-state index in [-0.39, 0.29) is 12.1 Å². The van der Waals surface area contributed by atoms with Crippen molar-refractivity contribution in [1.29, 1.82) is 0 Å². The lowest BCUT2D eigenvalue weighted by atomic mass is 9.96. The van der Waals surface area contributed by atoms with Crippen LogP contribution in [0.25, 0.3) is 0 Å². The van der Waals surface area contributed by atoms with Crippen molar-refractivity contribution in [3.8, 4) is 0 Å². The first-order valence-electron chi connectivity index (χ1n) is 7.98. The fraction of sp³-hybridized carbons (Fsp3) is 0.647. The zero-order valence-corrected chi connectivity index (χ0v) is 14.2. The summed E-state index contributed by atoms with van der Waals surface area (Å²) in [5, 5.41) is 0.790. The predicted octanol–water partition coefficient (Wildman–Crippen LogP) is 3.14. The van der Waals surface area contributed by atoms with Gasteiger partial charge in [0.25, 0.3) is 0 Å². The number of halogens is 1. The maximum absolute atomic E-state index is 6.35. The van der Waals surface area contributed by atoms with Gasteiger partial charge in [-0.1, -0.05) is 30.7 Å². The third-order valence-corrected chi connectivity index (χ3v) is 4.70. The van der Waals surface area contributed by atoms with Crippen LogP contribution in [0.4, 0.5) is 0 Å². The van der Waals surface area contributed by atoms with Crippen LogP contribution in [0, 0.1) is 0 Å². The lowest BCUT2D eigenvalue weighted by Crippen LogP contribution is -2.47. The van der Waals surface area contributed by atoms with Crippen LogP contribution in [-0.4, -0.2) is 48.6 Å². The molecule has 0 aromatic heterocycles. The summed E-state index contributed by atoms with van der Waals surface area (Å²) in [4.78, 5) is 5.03. The molecule has 1 aromatic rings. The minimum atomic E-state index is 0.0842. The second-order valence-corrected chi connectivity index (χ2v) is 6.71. The molecule has 1 fully saturated rings. The van der Waals surface area contributed by atoms with Crippen molar-refractivity contribution >= 4 is 11.6 Å².